The maximum absolute atomic E-state index is 12.2. The Hall–Kier alpha value is -1.38. The van der Waals surface area contributed by atoms with Crippen molar-refractivity contribution in [1.29, 1.82) is 0 Å². The molecule has 0 aliphatic heterocycles. The summed E-state index contributed by atoms with van der Waals surface area (Å²) in [4.78, 5) is 11.5. The first-order valence-corrected chi connectivity index (χ1v) is 8.67. The third-order valence-corrected chi connectivity index (χ3v) is 6.48. The van der Waals surface area contributed by atoms with Gasteiger partial charge in [0.1, 0.15) is 0 Å². The molecule has 2 aromatic rings. The zero-order chi connectivity index (χ0) is 14.8. The molecule has 1 amide bonds. The van der Waals surface area contributed by atoms with Crippen LogP contribution in [-0.4, -0.2) is 21.4 Å². The summed E-state index contributed by atoms with van der Waals surface area (Å²) in [6.45, 7) is 0. The fourth-order valence-corrected chi connectivity index (χ4v) is 4.93. The second-order valence-corrected chi connectivity index (χ2v) is 7.47. The van der Waals surface area contributed by atoms with Gasteiger partial charge in [-0.2, -0.15) is 0 Å². The highest BCUT2D eigenvalue weighted by Gasteiger charge is 2.19. The number of rotatable bonds is 4. The average Bonchev–Trinajstić information content (AvgIpc) is 2.85. The van der Waals surface area contributed by atoms with Gasteiger partial charge in [-0.25, -0.2) is 8.42 Å². The van der Waals surface area contributed by atoms with E-state index in [9.17, 15) is 13.2 Å². The Labute approximate surface area is 129 Å². The lowest BCUT2D eigenvalue weighted by Crippen LogP contribution is -2.18. The van der Waals surface area contributed by atoms with E-state index in [1.54, 1.807) is 29.6 Å². The zero-order valence-corrected chi connectivity index (χ0v) is 13.6. The van der Waals surface area contributed by atoms with E-state index in [1.807, 2.05) is 0 Å². The number of thiophene rings is 1. The van der Waals surface area contributed by atoms with Gasteiger partial charge >= 0.3 is 0 Å². The molecule has 1 aromatic carbocycles. The number of amides is 1. The van der Waals surface area contributed by atoms with Crippen LogP contribution in [0, 0.1) is 0 Å². The van der Waals surface area contributed by atoms with Gasteiger partial charge in [-0.05, 0) is 45.6 Å². The van der Waals surface area contributed by atoms with E-state index in [-0.39, 0.29) is 10.1 Å². The van der Waals surface area contributed by atoms with Crippen LogP contribution in [0.15, 0.2) is 44.4 Å². The first-order chi connectivity index (χ1) is 9.44. The van der Waals surface area contributed by atoms with Crippen molar-refractivity contribution >= 4 is 48.9 Å². The molecular formula is C12H11BrN2O3S2. The first kappa shape index (κ1) is 15.0. The van der Waals surface area contributed by atoms with E-state index >= 15 is 0 Å². The van der Waals surface area contributed by atoms with Crippen molar-refractivity contribution < 1.29 is 13.2 Å². The molecule has 1 aromatic heterocycles. The molecule has 0 fully saturated rings. The highest BCUT2D eigenvalue weighted by Crippen LogP contribution is 2.29. The van der Waals surface area contributed by atoms with E-state index in [2.05, 4.69) is 26.0 Å². The molecule has 1 heterocycles. The van der Waals surface area contributed by atoms with Crippen molar-refractivity contribution in [2.24, 2.45) is 0 Å². The molecule has 0 bridgehead atoms. The smallest absolute Gasteiger partial charge is 0.272 e. The molecular weight excluding hydrogens is 364 g/mol. The summed E-state index contributed by atoms with van der Waals surface area (Å²) in [5.41, 5.74) is 0.726. The van der Waals surface area contributed by atoms with Gasteiger partial charge in [0, 0.05) is 22.8 Å². The van der Waals surface area contributed by atoms with Gasteiger partial charge in [0.2, 0.25) is 0 Å². The van der Waals surface area contributed by atoms with Crippen LogP contribution in [0.3, 0.4) is 0 Å². The number of sulfonamides is 1. The summed E-state index contributed by atoms with van der Waals surface area (Å²) in [6, 6.07) is 7.97. The molecule has 0 atom stereocenters. The van der Waals surface area contributed by atoms with Crippen LogP contribution >= 0.6 is 27.3 Å². The number of nitrogens with one attached hydrogen (secondary N) is 2. The number of benzene rings is 1. The fraction of sp³-hybridized carbons (Fsp3) is 0.0833. The summed E-state index contributed by atoms with van der Waals surface area (Å²) in [7, 11) is -2.14. The number of carbonyl (C=O) groups is 1. The summed E-state index contributed by atoms with van der Waals surface area (Å²) in [5, 5.41) is 4.17. The quantitative estimate of drug-likeness (QED) is 0.863. The standard InChI is InChI=1S/C12H11BrN2O3S2/c1-14-11(16)8-3-2-4-9(7-8)15-20(17,18)12-10(13)5-6-19-12/h2-7,15H,1H3,(H,14,16). The minimum absolute atomic E-state index is 0.197. The van der Waals surface area contributed by atoms with Gasteiger partial charge in [0.25, 0.3) is 15.9 Å². The molecule has 0 aliphatic rings. The Morgan fingerprint density at radius 3 is 2.65 bits per heavy atom. The summed E-state index contributed by atoms with van der Waals surface area (Å²) in [6.07, 6.45) is 0. The van der Waals surface area contributed by atoms with Crippen molar-refractivity contribution in [3.63, 3.8) is 0 Å². The number of hydrogen-bond acceptors (Lipinski definition) is 4. The predicted molar refractivity (Wildman–Crippen MR) is 82.7 cm³/mol. The van der Waals surface area contributed by atoms with Gasteiger partial charge < -0.3 is 5.32 Å². The number of halogens is 1. The van der Waals surface area contributed by atoms with Gasteiger partial charge in [0.15, 0.2) is 4.21 Å². The maximum Gasteiger partial charge on any atom is 0.272 e. The van der Waals surface area contributed by atoms with Crippen LogP contribution < -0.4 is 10.0 Å². The number of anilines is 1. The van der Waals surface area contributed by atoms with Crippen LogP contribution in [0.4, 0.5) is 5.69 Å². The monoisotopic (exact) mass is 374 g/mol. The molecule has 8 heteroatoms. The fourth-order valence-electron chi connectivity index (χ4n) is 1.54. The summed E-state index contributed by atoms with van der Waals surface area (Å²) in [5.74, 6) is -0.275. The third-order valence-electron chi connectivity index (χ3n) is 2.43. The lowest BCUT2D eigenvalue weighted by molar-refractivity contribution is 0.0963. The van der Waals surface area contributed by atoms with Gasteiger partial charge in [-0.1, -0.05) is 6.07 Å². The number of hydrogen-bond donors (Lipinski definition) is 2. The lowest BCUT2D eigenvalue weighted by atomic mass is 10.2. The molecule has 0 spiro atoms. The van der Waals surface area contributed by atoms with Crippen LogP contribution in [0.5, 0.6) is 0 Å². The Morgan fingerprint density at radius 1 is 1.30 bits per heavy atom. The lowest BCUT2D eigenvalue weighted by Gasteiger charge is -2.08. The molecule has 0 saturated heterocycles. The molecule has 20 heavy (non-hydrogen) atoms. The van der Waals surface area contributed by atoms with Gasteiger partial charge in [-0.3, -0.25) is 9.52 Å². The topological polar surface area (TPSA) is 75.3 Å². The second kappa shape index (κ2) is 5.94. The van der Waals surface area contributed by atoms with Crippen LogP contribution in [0.25, 0.3) is 0 Å². The van der Waals surface area contributed by atoms with E-state index in [4.69, 9.17) is 0 Å². The van der Waals surface area contributed by atoms with Crippen LogP contribution in [0.2, 0.25) is 0 Å². The Bertz CT molecular complexity index is 741. The average molecular weight is 375 g/mol. The molecule has 0 saturated carbocycles. The van der Waals surface area contributed by atoms with E-state index in [0.717, 1.165) is 11.3 Å². The Morgan fingerprint density at radius 2 is 2.05 bits per heavy atom. The summed E-state index contributed by atoms with van der Waals surface area (Å²) < 4.78 is 27.6. The third kappa shape index (κ3) is 3.20. The van der Waals surface area contributed by atoms with Gasteiger partial charge in [0.05, 0.1) is 0 Å². The van der Waals surface area contributed by atoms with Crippen LogP contribution in [0.1, 0.15) is 10.4 Å². The van der Waals surface area contributed by atoms with Crippen molar-refractivity contribution in [2.75, 3.05) is 11.8 Å². The molecule has 2 N–H and O–H groups in total. The Balaban J connectivity index is 2.31. The minimum atomic E-state index is -3.66. The molecule has 5 nitrogen and oxygen atoms in total. The highest BCUT2D eigenvalue weighted by molar-refractivity contribution is 9.10. The predicted octanol–water partition coefficient (Wildman–Crippen LogP) is 2.67. The van der Waals surface area contributed by atoms with Crippen LogP contribution in [-0.2, 0) is 10.0 Å². The normalized spacial score (nSPS) is 11.1. The van der Waals surface area contributed by atoms with Crippen molar-refractivity contribution in [2.45, 2.75) is 4.21 Å². The largest absolute Gasteiger partial charge is 0.355 e. The SMILES string of the molecule is CNC(=O)c1cccc(NS(=O)(=O)c2sccc2Br)c1. The molecule has 0 aliphatic carbocycles. The minimum Gasteiger partial charge on any atom is -0.355 e. The number of carbonyl (C=O) groups excluding carboxylic acids is 1. The van der Waals surface area contributed by atoms with E-state index < -0.39 is 10.0 Å². The molecule has 0 radical (unpaired) electrons. The van der Waals surface area contributed by atoms with Crippen molar-refractivity contribution in [3.8, 4) is 0 Å². The second-order valence-electron chi connectivity index (χ2n) is 3.82. The van der Waals surface area contributed by atoms with Crippen molar-refractivity contribution in [3.05, 3.63) is 45.7 Å². The first-order valence-electron chi connectivity index (χ1n) is 5.52. The Kier molecular flexibility index (Phi) is 4.46. The zero-order valence-electron chi connectivity index (χ0n) is 10.4. The van der Waals surface area contributed by atoms with E-state index in [0.29, 0.717) is 15.7 Å². The maximum atomic E-state index is 12.2. The highest BCUT2D eigenvalue weighted by atomic mass is 79.9. The van der Waals surface area contributed by atoms with E-state index in [1.165, 1.54) is 13.1 Å². The summed E-state index contributed by atoms with van der Waals surface area (Å²) >= 11 is 4.31. The molecule has 0 unspecified atom stereocenters. The van der Waals surface area contributed by atoms with Crippen molar-refractivity contribution in [1.82, 2.24) is 5.32 Å². The van der Waals surface area contributed by atoms with Gasteiger partial charge in [-0.15, -0.1) is 11.3 Å². The molecule has 2 rings (SSSR count). The molecule has 106 valence electrons.